The van der Waals surface area contributed by atoms with Crippen LogP contribution in [0, 0.1) is 12.3 Å². The van der Waals surface area contributed by atoms with Gasteiger partial charge in [-0.1, -0.05) is 12.8 Å². The van der Waals surface area contributed by atoms with Crippen LogP contribution in [0.15, 0.2) is 0 Å². The second kappa shape index (κ2) is 7.14. The Balaban J connectivity index is 0. The summed E-state index contributed by atoms with van der Waals surface area (Å²) in [5, 5.41) is 0. The molecular weight excluding hydrogens is 175 g/mol. The minimum atomic E-state index is -3.43. The average Bonchev–Trinajstić information content (AvgIpc) is 1.84. The van der Waals surface area contributed by atoms with Crippen molar-refractivity contribution in [3.63, 3.8) is 0 Å². The molecule has 0 N–H and O–H groups in total. The fourth-order valence-corrected chi connectivity index (χ4v) is 1.06. The second-order valence-electron chi connectivity index (χ2n) is 1.73. The zero-order chi connectivity index (χ0) is 8.04. The van der Waals surface area contributed by atoms with E-state index < -0.39 is 10.1 Å². The zero-order valence-corrected chi connectivity index (χ0v) is 6.65. The van der Waals surface area contributed by atoms with Gasteiger partial charge in [0.05, 0.1) is 6.61 Å². The first kappa shape index (κ1) is 14.0. The average molecular weight is 186 g/mol. The molecule has 3 nitrogen and oxygen atoms in total. The molecule has 60 valence electrons. The summed E-state index contributed by atoms with van der Waals surface area (Å²) in [5.41, 5.74) is 0. The summed E-state index contributed by atoms with van der Waals surface area (Å²) in [4.78, 5) is 0. The standard InChI is InChI=1S/C6H10O3S.Na.H/c1-3-5-9-10(7,8)6-4-2;;/h2H,3,5-6H2,1H3;;. The van der Waals surface area contributed by atoms with Gasteiger partial charge in [-0.15, -0.1) is 6.42 Å². The van der Waals surface area contributed by atoms with E-state index in [1.807, 2.05) is 12.8 Å². The van der Waals surface area contributed by atoms with Crippen LogP contribution in [0.2, 0.25) is 0 Å². The van der Waals surface area contributed by atoms with Crippen molar-refractivity contribution in [1.82, 2.24) is 0 Å². The van der Waals surface area contributed by atoms with Crippen molar-refractivity contribution in [1.29, 1.82) is 0 Å². The van der Waals surface area contributed by atoms with E-state index in [4.69, 9.17) is 6.42 Å². The van der Waals surface area contributed by atoms with Crippen molar-refractivity contribution in [3.05, 3.63) is 0 Å². The molecule has 0 saturated carbocycles. The Labute approximate surface area is 89.9 Å². The second-order valence-corrected chi connectivity index (χ2v) is 3.37. The summed E-state index contributed by atoms with van der Waals surface area (Å²) in [5.74, 6) is 1.66. The van der Waals surface area contributed by atoms with Crippen molar-refractivity contribution < 1.29 is 12.6 Å². The van der Waals surface area contributed by atoms with Gasteiger partial charge < -0.3 is 0 Å². The van der Waals surface area contributed by atoms with Crippen molar-refractivity contribution in [2.45, 2.75) is 13.3 Å². The molecule has 0 aromatic heterocycles. The van der Waals surface area contributed by atoms with Crippen LogP contribution in [0.25, 0.3) is 0 Å². The SMILES string of the molecule is C#CCS(=O)(=O)OCCC.[NaH]. The molecule has 0 saturated heterocycles. The van der Waals surface area contributed by atoms with Crippen LogP contribution >= 0.6 is 0 Å². The van der Waals surface area contributed by atoms with Gasteiger partial charge in [-0.05, 0) is 6.42 Å². The van der Waals surface area contributed by atoms with E-state index in [9.17, 15) is 8.42 Å². The van der Waals surface area contributed by atoms with Gasteiger partial charge in [-0.3, -0.25) is 4.18 Å². The van der Waals surface area contributed by atoms with Crippen molar-refractivity contribution >= 4 is 39.7 Å². The van der Waals surface area contributed by atoms with E-state index in [0.29, 0.717) is 6.42 Å². The molecule has 0 radical (unpaired) electrons. The molecule has 0 rings (SSSR count). The van der Waals surface area contributed by atoms with Crippen LogP contribution in [0.5, 0.6) is 0 Å². The van der Waals surface area contributed by atoms with E-state index in [0.717, 1.165) is 0 Å². The van der Waals surface area contributed by atoms with Gasteiger partial charge in [-0.25, -0.2) is 0 Å². The molecule has 0 aromatic carbocycles. The summed E-state index contributed by atoms with van der Waals surface area (Å²) in [6, 6.07) is 0. The van der Waals surface area contributed by atoms with Crippen LogP contribution < -0.4 is 0 Å². The van der Waals surface area contributed by atoms with Gasteiger partial charge >= 0.3 is 29.6 Å². The summed E-state index contributed by atoms with van der Waals surface area (Å²) in [7, 11) is -3.43. The Morgan fingerprint density at radius 3 is 2.45 bits per heavy atom. The molecular formula is C6H11NaO3S. The first-order chi connectivity index (χ1) is 4.62. The first-order valence-corrected chi connectivity index (χ1v) is 4.50. The molecule has 0 aliphatic carbocycles. The molecule has 0 amide bonds. The topological polar surface area (TPSA) is 43.4 Å². The Bertz CT molecular complexity index is 214. The molecule has 11 heavy (non-hydrogen) atoms. The van der Waals surface area contributed by atoms with Crippen LogP contribution in [0.1, 0.15) is 13.3 Å². The van der Waals surface area contributed by atoms with Crippen molar-refractivity contribution in [3.8, 4) is 12.3 Å². The monoisotopic (exact) mass is 186 g/mol. The molecule has 0 atom stereocenters. The normalized spacial score (nSPS) is 9.82. The van der Waals surface area contributed by atoms with Gasteiger partial charge in [0.25, 0.3) is 10.1 Å². The van der Waals surface area contributed by atoms with Gasteiger partial charge in [-0.2, -0.15) is 8.42 Å². The van der Waals surface area contributed by atoms with E-state index >= 15 is 0 Å². The Morgan fingerprint density at radius 1 is 1.55 bits per heavy atom. The molecule has 0 aliphatic rings. The molecule has 0 bridgehead atoms. The molecule has 0 aliphatic heterocycles. The Hall–Kier alpha value is 0.470. The number of terminal acetylenes is 1. The Kier molecular flexibility index (Phi) is 9.10. The predicted molar refractivity (Wildman–Crippen MR) is 46.0 cm³/mol. The fourth-order valence-electron chi connectivity index (χ4n) is 0.354. The van der Waals surface area contributed by atoms with E-state index in [2.05, 4.69) is 4.18 Å². The zero-order valence-electron chi connectivity index (χ0n) is 5.83. The third-order valence-electron chi connectivity index (χ3n) is 0.727. The quantitative estimate of drug-likeness (QED) is 0.345. The van der Waals surface area contributed by atoms with E-state index in [1.54, 1.807) is 0 Å². The molecule has 0 fully saturated rings. The minimum absolute atomic E-state index is 0. The van der Waals surface area contributed by atoms with Crippen LogP contribution in [-0.2, 0) is 14.3 Å². The third-order valence-corrected chi connectivity index (χ3v) is 1.77. The number of rotatable bonds is 4. The fraction of sp³-hybridized carbons (Fsp3) is 0.667. The van der Waals surface area contributed by atoms with Gasteiger partial charge in [0.2, 0.25) is 0 Å². The van der Waals surface area contributed by atoms with Crippen LogP contribution in [0.4, 0.5) is 0 Å². The number of hydrogen-bond acceptors (Lipinski definition) is 3. The molecule has 0 aromatic rings. The summed E-state index contributed by atoms with van der Waals surface area (Å²) < 4.78 is 25.7. The van der Waals surface area contributed by atoms with Crippen LogP contribution in [0.3, 0.4) is 0 Å². The van der Waals surface area contributed by atoms with E-state index in [-0.39, 0.29) is 41.9 Å². The summed E-state index contributed by atoms with van der Waals surface area (Å²) in [6.07, 6.45) is 5.45. The maximum atomic E-state index is 10.6. The molecule has 0 spiro atoms. The van der Waals surface area contributed by atoms with Gasteiger partial charge in [0, 0.05) is 0 Å². The summed E-state index contributed by atoms with van der Waals surface area (Å²) >= 11 is 0. The van der Waals surface area contributed by atoms with Gasteiger partial charge in [0.15, 0.2) is 0 Å². The predicted octanol–water partition coefficient (Wildman–Crippen LogP) is -0.272. The van der Waals surface area contributed by atoms with Crippen molar-refractivity contribution in [2.75, 3.05) is 12.4 Å². The first-order valence-electron chi connectivity index (χ1n) is 2.93. The molecule has 0 heterocycles. The van der Waals surface area contributed by atoms with Crippen LogP contribution in [-0.4, -0.2) is 50.3 Å². The van der Waals surface area contributed by atoms with E-state index in [1.165, 1.54) is 0 Å². The number of hydrogen-bond donors (Lipinski definition) is 0. The summed E-state index contributed by atoms with van der Waals surface area (Å²) in [6.45, 7) is 2.04. The van der Waals surface area contributed by atoms with Gasteiger partial charge in [0.1, 0.15) is 5.75 Å². The third kappa shape index (κ3) is 8.38. The van der Waals surface area contributed by atoms with Crippen molar-refractivity contribution in [2.24, 2.45) is 0 Å². The molecule has 5 heteroatoms. The maximum absolute atomic E-state index is 10.6. The Morgan fingerprint density at radius 2 is 2.09 bits per heavy atom. The molecule has 0 unspecified atom stereocenters.